The van der Waals surface area contributed by atoms with Crippen LogP contribution in [0.5, 0.6) is 0 Å². The normalized spacial score (nSPS) is 22.6. The highest BCUT2D eigenvalue weighted by molar-refractivity contribution is 7.01. The van der Waals surface area contributed by atoms with Crippen molar-refractivity contribution in [2.75, 3.05) is 0 Å². The summed E-state index contributed by atoms with van der Waals surface area (Å²) in [6.07, 6.45) is 10.6. The van der Waals surface area contributed by atoms with Crippen LogP contribution >= 0.6 is 9.07 Å². The van der Waals surface area contributed by atoms with E-state index in [4.69, 9.17) is 9.07 Å². The van der Waals surface area contributed by atoms with E-state index in [2.05, 4.69) is 13.0 Å². The van der Waals surface area contributed by atoms with Gasteiger partial charge in [-0.3, -0.25) is 0 Å². The maximum absolute atomic E-state index is 13.8. The summed E-state index contributed by atoms with van der Waals surface area (Å²) in [5, 5.41) is 0. The molecule has 1 aliphatic carbocycles. The van der Waals surface area contributed by atoms with E-state index in [9.17, 15) is 4.39 Å². The van der Waals surface area contributed by atoms with E-state index < -0.39 is 19.3 Å². The van der Waals surface area contributed by atoms with Crippen LogP contribution in [-0.2, 0) is 0 Å². The molecule has 2 rings (SSSR count). The van der Waals surface area contributed by atoms with Crippen LogP contribution in [-0.4, -0.2) is 19.3 Å². The molecule has 1 fully saturated rings. The van der Waals surface area contributed by atoms with Gasteiger partial charge in [0.15, 0.2) is 0 Å². The Hall–Kier alpha value is 0.206. The Balaban J connectivity index is 1.85. The van der Waals surface area contributed by atoms with Crippen LogP contribution in [0, 0.1) is 11.7 Å². The zero-order valence-corrected chi connectivity index (χ0v) is 14.7. The summed E-state index contributed by atoms with van der Waals surface area (Å²) in [7, 11) is 5.85. The van der Waals surface area contributed by atoms with Gasteiger partial charge in [0.05, 0.1) is 5.82 Å². The SMILES string of the molecule is CCCCC[C@H]1CC[C@H](c2cc[c]([Mg][Cl])c(F)c2)CC1. The molecule has 0 spiro atoms. The van der Waals surface area contributed by atoms with Crippen LogP contribution in [0.25, 0.3) is 0 Å². The third-order valence-electron chi connectivity index (χ3n) is 4.76. The first-order valence-corrected chi connectivity index (χ1v) is 10.9. The van der Waals surface area contributed by atoms with E-state index in [-0.39, 0.29) is 5.82 Å². The summed E-state index contributed by atoms with van der Waals surface area (Å²) in [5.41, 5.74) is 1.19. The Labute approximate surface area is 136 Å². The summed E-state index contributed by atoms with van der Waals surface area (Å²) in [5.74, 6) is 1.41. The minimum Gasteiger partial charge on any atom is -0.335 e. The molecular weight excluding hydrogens is 283 g/mol. The summed E-state index contributed by atoms with van der Waals surface area (Å²) in [6, 6.07) is 5.76. The number of hydrogen-bond acceptors (Lipinski definition) is 0. The molecule has 0 heterocycles. The molecule has 3 heteroatoms. The Morgan fingerprint density at radius 1 is 1.20 bits per heavy atom. The summed E-state index contributed by atoms with van der Waals surface area (Å²) < 4.78 is 14.6. The molecule has 1 saturated carbocycles. The first kappa shape index (κ1) is 16.6. The van der Waals surface area contributed by atoms with Gasteiger partial charge in [0.25, 0.3) is 0 Å². The average molecular weight is 307 g/mol. The maximum atomic E-state index is 13.8. The van der Waals surface area contributed by atoms with Crippen molar-refractivity contribution >= 4 is 32.0 Å². The molecular formula is C17H24ClFMg. The van der Waals surface area contributed by atoms with Crippen LogP contribution in [0.4, 0.5) is 4.39 Å². The highest BCUT2D eigenvalue weighted by Gasteiger charge is 2.22. The fourth-order valence-corrected chi connectivity index (χ4v) is 4.48. The van der Waals surface area contributed by atoms with E-state index >= 15 is 0 Å². The van der Waals surface area contributed by atoms with Gasteiger partial charge in [-0.25, -0.2) is 4.39 Å². The Morgan fingerprint density at radius 2 is 1.95 bits per heavy atom. The predicted octanol–water partition coefficient (Wildman–Crippen LogP) is 5.16. The molecule has 0 atom stereocenters. The van der Waals surface area contributed by atoms with Gasteiger partial charge in [0, 0.05) is 0 Å². The van der Waals surface area contributed by atoms with E-state index in [1.807, 2.05) is 6.07 Å². The van der Waals surface area contributed by atoms with Gasteiger partial charge >= 0.3 is 19.3 Å². The van der Waals surface area contributed by atoms with Crippen LogP contribution in [0.15, 0.2) is 18.2 Å². The number of hydrogen-bond donors (Lipinski definition) is 0. The molecule has 0 radical (unpaired) electrons. The Bertz CT molecular complexity index is 413. The Morgan fingerprint density at radius 3 is 2.55 bits per heavy atom. The van der Waals surface area contributed by atoms with Crippen molar-refractivity contribution in [1.29, 1.82) is 0 Å². The van der Waals surface area contributed by atoms with Gasteiger partial charge in [0.2, 0.25) is 0 Å². The molecule has 0 unspecified atom stereocenters. The molecule has 0 bridgehead atoms. The van der Waals surface area contributed by atoms with Crippen LogP contribution in [0.3, 0.4) is 0 Å². The number of rotatable bonds is 6. The lowest BCUT2D eigenvalue weighted by atomic mass is 9.77. The highest BCUT2D eigenvalue weighted by Crippen LogP contribution is 2.37. The van der Waals surface area contributed by atoms with Crippen molar-refractivity contribution in [1.82, 2.24) is 0 Å². The minimum absolute atomic E-state index is 0.0748. The summed E-state index contributed by atoms with van der Waals surface area (Å²) in [4.78, 5) is 0. The quantitative estimate of drug-likeness (QED) is 0.503. The lowest BCUT2D eigenvalue weighted by molar-refractivity contribution is 0.302. The van der Waals surface area contributed by atoms with Crippen LogP contribution in [0.2, 0.25) is 0 Å². The first-order valence-electron chi connectivity index (χ1n) is 8.08. The molecule has 0 saturated heterocycles. The van der Waals surface area contributed by atoms with Crippen molar-refractivity contribution in [3.8, 4) is 0 Å². The van der Waals surface area contributed by atoms with Gasteiger partial charge in [-0.15, -0.1) is 3.69 Å². The zero-order valence-electron chi connectivity index (χ0n) is 12.5. The third-order valence-corrected chi connectivity index (χ3v) is 6.48. The predicted molar refractivity (Wildman–Crippen MR) is 86.5 cm³/mol. The molecule has 0 aromatic heterocycles. The standard InChI is InChI=1S/C17H24F.ClH.Mg/c1-2-3-4-6-14-9-11-15(12-10-14)16-7-5-8-17(18)13-16;;/h5,7,13-15H,2-4,6,9-12H2,1H3;1H;/q;;+1/p-1/t14-,15-;;. The first-order chi connectivity index (χ1) is 9.74. The van der Waals surface area contributed by atoms with Crippen molar-refractivity contribution in [2.45, 2.75) is 64.2 Å². The monoisotopic (exact) mass is 306 g/mol. The highest BCUT2D eigenvalue weighted by atomic mass is 35.5. The molecule has 0 aliphatic heterocycles. The van der Waals surface area contributed by atoms with Gasteiger partial charge in [-0.05, 0) is 49.1 Å². The smallest absolute Gasteiger partial charge is 0.335 e. The van der Waals surface area contributed by atoms with Crippen molar-refractivity contribution in [3.05, 3.63) is 29.6 Å². The van der Waals surface area contributed by atoms with Crippen LogP contribution in [0.1, 0.15) is 69.8 Å². The van der Waals surface area contributed by atoms with Crippen LogP contribution < -0.4 is 3.69 Å². The second-order valence-electron chi connectivity index (χ2n) is 6.20. The Kier molecular flexibility index (Phi) is 7.13. The second-order valence-corrected chi connectivity index (χ2v) is 8.03. The minimum atomic E-state index is -0.905. The van der Waals surface area contributed by atoms with E-state index in [1.165, 1.54) is 56.9 Å². The molecule has 1 aliphatic rings. The van der Waals surface area contributed by atoms with Gasteiger partial charge in [-0.1, -0.05) is 44.7 Å². The zero-order chi connectivity index (χ0) is 14.4. The molecule has 1 aromatic rings. The van der Waals surface area contributed by atoms with Gasteiger partial charge < -0.3 is 9.07 Å². The largest absolute Gasteiger partial charge is 0.542 e. The molecule has 1 aromatic carbocycles. The van der Waals surface area contributed by atoms with Gasteiger partial charge in [-0.2, -0.15) is 0 Å². The van der Waals surface area contributed by atoms with Crippen molar-refractivity contribution in [2.24, 2.45) is 5.92 Å². The van der Waals surface area contributed by atoms with E-state index in [0.29, 0.717) is 5.92 Å². The number of benzene rings is 1. The average Bonchev–Trinajstić information content (AvgIpc) is 2.48. The third kappa shape index (κ3) is 4.61. The fraction of sp³-hybridized carbons (Fsp3) is 0.647. The molecule has 108 valence electrons. The second kappa shape index (κ2) is 8.60. The van der Waals surface area contributed by atoms with Crippen molar-refractivity contribution in [3.63, 3.8) is 0 Å². The summed E-state index contributed by atoms with van der Waals surface area (Å²) >= 11 is -0.905. The molecule has 0 nitrogen and oxygen atoms in total. The summed E-state index contributed by atoms with van der Waals surface area (Å²) in [6.45, 7) is 2.26. The van der Waals surface area contributed by atoms with Gasteiger partial charge in [0.1, 0.15) is 0 Å². The van der Waals surface area contributed by atoms with Crippen molar-refractivity contribution < 1.29 is 4.39 Å². The number of unbranched alkanes of at least 4 members (excludes halogenated alkanes) is 2. The lowest BCUT2D eigenvalue weighted by Gasteiger charge is -2.29. The molecule has 0 N–H and O–H groups in total. The fourth-order valence-electron chi connectivity index (χ4n) is 3.39. The van der Waals surface area contributed by atoms with E-state index in [1.54, 1.807) is 6.07 Å². The van der Waals surface area contributed by atoms with E-state index in [0.717, 1.165) is 9.61 Å². The number of halogens is 2. The maximum Gasteiger partial charge on any atom is 0.542 e. The topological polar surface area (TPSA) is 0 Å². The molecule has 20 heavy (non-hydrogen) atoms. The lowest BCUT2D eigenvalue weighted by Crippen LogP contribution is -2.17. The molecule has 0 amide bonds.